The van der Waals surface area contributed by atoms with Crippen molar-refractivity contribution < 1.29 is 0 Å². The maximum absolute atomic E-state index is 2.24. The van der Waals surface area contributed by atoms with E-state index >= 15 is 0 Å². The van der Waals surface area contributed by atoms with Gasteiger partial charge in [0.15, 0.2) is 0 Å². The maximum atomic E-state index is 2.24. The molecule has 0 spiro atoms. The van der Waals surface area contributed by atoms with E-state index in [-0.39, 0.29) is 0 Å². The lowest BCUT2D eigenvalue weighted by atomic mass is 10.6. The monoisotopic (exact) mass is 115 g/mol. The van der Waals surface area contributed by atoms with Gasteiger partial charge in [0.05, 0.1) is 0 Å². The van der Waals surface area contributed by atoms with Crippen LogP contribution >= 0.6 is 0 Å². The molecule has 0 atom stereocenters. The molecular weight excluding hydrogens is 102 g/mol. The van der Waals surface area contributed by atoms with Crippen LogP contribution in [0.2, 0.25) is 6.04 Å². The molecule has 0 unspecified atom stereocenters. The van der Waals surface area contributed by atoms with Crippen LogP contribution in [0, 0.1) is 0 Å². The van der Waals surface area contributed by atoms with Crippen LogP contribution in [0.15, 0.2) is 0 Å². The van der Waals surface area contributed by atoms with Gasteiger partial charge in [-0.25, -0.2) is 0 Å². The van der Waals surface area contributed by atoms with Gasteiger partial charge < -0.3 is 4.57 Å². The zero-order valence-corrected chi connectivity index (χ0v) is 6.36. The Labute approximate surface area is 48.6 Å². The predicted octanol–water partition coefficient (Wildman–Crippen LogP) is 0.995. The number of hydrogen-bond donors (Lipinski definition) is 0. The zero-order valence-electron chi connectivity index (χ0n) is 5.36. The molecule has 0 saturated carbocycles. The second-order valence-corrected chi connectivity index (χ2v) is 3.51. The van der Waals surface area contributed by atoms with E-state index in [0.717, 1.165) is 9.68 Å². The molecule has 42 valence electrons. The van der Waals surface area contributed by atoms with Gasteiger partial charge >= 0.3 is 0 Å². The maximum Gasteiger partial charge on any atom is 0.141 e. The summed E-state index contributed by atoms with van der Waals surface area (Å²) in [7, 11) is 5.26. The van der Waals surface area contributed by atoms with Gasteiger partial charge in [0.25, 0.3) is 0 Å². The minimum absolute atomic E-state index is 1.02. The molecule has 7 heavy (non-hydrogen) atoms. The quantitative estimate of drug-likeness (QED) is 0.496. The Morgan fingerprint density at radius 1 is 1.43 bits per heavy atom. The summed E-state index contributed by atoms with van der Waals surface area (Å²) in [6, 6.07) is 1.35. The molecule has 0 fully saturated rings. The SMILES string of the molecule is CCC[Si]N(C)C. The van der Waals surface area contributed by atoms with Crippen LogP contribution in [0.3, 0.4) is 0 Å². The van der Waals surface area contributed by atoms with Crippen molar-refractivity contribution in [3.8, 4) is 0 Å². The van der Waals surface area contributed by atoms with Crippen LogP contribution in [-0.2, 0) is 0 Å². The highest BCUT2D eigenvalue weighted by Gasteiger charge is 1.87. The molecule has 0 rings (SSSR count). The second kappa shape index (κ2) is 4.34. The van der Waals surface area contributed by atoms with Gasteiger partial charge in [0.2, 0.25) is 0 Å². The fraction of sp³-hybridized carbons (Fsp3) is 1.00. The lowest BCUT2D eigenvalue weighted by molar-refractivity contribution is 0.655. The van der Waals surface area contributed by atoms with Crippen LogP contribution in [0.25, 0.3) is 0 Å². The summed E-state index contributed by atoms with van der Waals surface area (Å²) in [6.07, 6.45) is 1.32. The molecule has 0 bridgehead atoms. The number of hydrogen-bond acceptors (Lipinski definition) is 1. The summed E-state index contributed by atoms with van der Waals surface area (Å²) >= 11 is 0. The summed E-state index contributed by atoms with van der Waals surface area (Å²) < 4.78 is 2.24. The molecule has 0 aliphatic rings. The van der Waals surface area contributed by atoms with E-state index in [1.54, 1.807) is 0 Å². The first kappa shape index (κ1) is 7.18. The first-order valence-electron chi connectivity index (χ1n) is 2.68. The van der Waals surface area contributed by atoms with Gasteiger partial charge in [0.1, 0.15) is 9.68 Å². The van der Waals surface area contributed by atoms with E-state index in [1.807, 2.05) is 0 Å². The second-order valence-electron chi connectivity index (χ2n) is 1.80. The van der Waals surface area contributed by atoms with E-state index in [1.165, 1.54) is 12.5 Å². The van der Waals surface area contributed by atoms with Crippen LogP contribution in [-0.4, -0.2) is 28.3 Å². The molecule has 0 aliphatic heterocycles. The van der Waals surface area contributed by atoms with Crippen molar-refractivity contribution in [2.75, 3.05) is 14.1 Å². The molecule has 0 amide bonds. The van der Waals surface area contributed by atoms with Crippen molar-refractivity contribution in [1.29, 1.82) is 0 Å². The number of nitrogens with zero attached hydrogens (tertiary/aromatic N) is 1. The Kier molecular flexibility index (Phi) is 4.45. The summed E-state index contributed by atoms with van der Waals surface area (Å²) in [6.45, 7) is 2.22. The summed E-state index contributed by atoms with van der Waals surface area (Å²) in [5.41, 5.74) is 0. The van der Waals surface area contributed by atoms with Gasteiger partial charge in [0, 0.05) is 0 Å². The highest BCUT2D eigenvalue weighted by molar-refractivity contribution is 6.31. The van der Waals surface area contributed by atoms with E-state index in [0.29, 0.717) is 0 Å². The third-order valence-electron chi connectivity index (χ3n) is 0.678. The first-order chi connectivity index (χ1) is 3.27. The van der Waals surface area contributed by atoms with Gasteiger partial charge in [-0.3, -0.25) is 0 Å². The number of rotatable bonds is 3. The lowest BCUT2D eigenvalue weighted by Gasteiger charge is -2.03. The Balaban J connectivity index is 2.68. The van der Waals surface area contributed by atoms with Crippen LogP contribution in [0.4, 0.5) is 0 Å². The zero-order chi connectivity index (χ0) is 5.70. The molecule has 0 aromatic rings. The van der Waals surface area contributed by atoms with Crippen LogP contribution < -0.4 is 0 Å². The van der Waals surface area contributed by atoms with Crippen molar-refractivity contribution in [2.24, 2.45) is 0 Å². The van der Waals surface area contributed by atoms with Gasteiger partial charge in [-0.05, 0) is 20.1 Å². The lowest BCUT2D eigenvalue weighted by Crippen LogP contribution is -2.15. The minimum Gasteiger partial charge on any atom is -0.331 e. The predicted molar refractivity (Wildman–Crippen MR) is 34.5 cm³/mol. The summed E-state index contributed by atoms with van der Waals surface area (Å²) in [4.78, 5) is 0. The molecule has 0 heterocycles. The van der Waals surface area contributed by atoms with Crippen LogP contribution in [0.1, 0.15) is 13.3 Å². The fourth-order valence-corrected chi connectivity index (χ4v) is 1.01. The van der Waals surface area contributed by atoms with E-state index in [9.17, 15) is 0 Å². The summed E-state index contributed by atoms with van der Waals surface area (Å²) in [5, 5.41) is 0. The van der Waals surface area contributed by atoms with Crippen molar-refractivity contribution in [2.45, 2.75) is 19.4 Å². The van der Waals surface area contributed by atoms with Gasteiger partial charge in [-0.1, -0.05) is 13.3 Å². The smallest absolute Gasteiger partial charge is 0.141 e. The molecule has 2 radical (unpaired) electrons. The molecule has 1 nitrogen and oxygen atoms in total. The molecule has 2 heteroatoms. The average Bonchev–Trinajstić information content (AvgIpc) is 1.61. The molecule has 0 saturated heterocycles. The summed E-state index contributed by atoms with van der Waals surface area (Å²) in [5.74, 6) is 0. The Hall–Kier alpha value is 0.177. The van der Waals surface area contributed by atoms with Crippen molar-refractivity contribution in [3.63, 3.8) is 0 Å². The van der Waals surface area contributed by atoms with E-state index < -0.39 is 0 Å². The van der Waals surface area contributed by atoms with Crippen molar-refractivity contribution in [3.05, 3.63) is 0 Å². The average molecular weight is 115 g/mol. The molecular formula is C5H13NSi. The fourth-order valence-electron chi connectivity index (χ4n) is 0.335. The van der Waals surface area contributed by atoms with Gasteiger partial charge in [-0.2, -0.15) is 0 Å². The van der Waals surface area contributed by atoms with Gasteiger partial charge in [-0.15, -0.1) is 0 Å². The minimum atomic E-state index is 1.02. The molecule has 0 N–H and O–H groups in total. The Bertz CT molecular complexity index is 37.1. The van der Waals surface area contributed by atoms with E-state index in [4.69, 9.17) is 0 Å². The molecule has 0 aromatic carbocycles. The highest BCUT2D eigenvalue weighted by atomic mass is 28.2. The third kappa shape index (κ3) is 6.18. The molecule has 0 aliphatic carbocycles. The Morgan fingerprint density at radius 2 is 2.00 bits per heavy atom. The largest absolute Gasteiger partial charge is 0.331 e. The highest BCUT2D eigenvalue weighted by Crippen LogP contribution is 1.85. The van der Waals surface area contributed by atoms with Crippen molar-refractivity contribution >= 4 is 9.68 Å². The van der Waals surface area contributed by atoms with E-state index in [2.05, 4.69) is 25.6 Å². The van der Waals surface area contributed by atoms with Crippen LogP contribution in [0.5, 0.6) is 0 Å². The molecule has 0 aromatic heterocycles. The topological polar surface area (TPSA) is 3.24 Å². The standard InChI is InChI=1S/C5H13NSi/c1-4-5-7-6(2)3/h4-5H2,1-3H3. The van der Waals surface area contributed by atoms with Crippen molar-refractivity contribution in [1.82, 2.24) is 4.57 Å². The first-order valence-corrected chi connectivity index (χ1v) is 3.83. The Morgan fingerprint density at radius 3 is 2.14 bits per heavy atom. The normalized spacial score (nSPS) is 10.3. The third-order valence-corrected chi connectivity index (χ3v) is 2.03.